The highest BCUT2D eigenvalue weighted by molar-refractivity contribution is 5.69. The second kappa shape index (κ2) is 3.20. The number of hydrogen-bond donors (Lipinski definition) is 2. The Balaban J connectivity index is 2.51. The molecule has 2 aromatic rings. The van der Waals surface area contributed by atoms with Crippen LogP contribution in [0.15, 0.2) is 29.0 Å². The largest absolute Gasteiger partial charge is 0.337 e. The van der Waals surface area contributed by atoms with Crippen molar-refractivity contribution in [2.45, 2.75) is 0 Å². The molecular weight excluding hydrogens is 170 g/mol. The van der Waals surface area contributed by atoms with Gasteiger partial charge in [-0.2, -0.15) is 0 Å². The fourth-order valence-electron chi connectivity index (χ4n) is 1.01. The predicted molar refractivity (Wildman–Crippen MR) is 45.3 cm³/mol. The van der Waals surface area contributed by atoms with Gasteiger partial charge in [0.25, 0.3) is 0 Å². The normalized spacial score (nSPS) is 9.92. The third-order valence-electron chi connectivity index (χ3n) is 1.57. The lowest BCUT2D eigenvalue weighted by Gasteiger charge is -2.02. The van der Waals surface area contributed by atoms with Crippen LogP contribution < -0.4 is 11.3 Å². The van der Waals surface area contributed by atoms with Crippen molar-refractivity contribution in [2.75, 3.05) is 5.43 Å². The van der Waals surface area contributed by atoms with Crippen molar-refractivity contribution >= 4 is 5.82 Å². The number of aromatic nitrogens is 3. The van der Waals surface area contributed by atoms with Crippen molar-refractivity contribution < 1.29 is 4.52 Å². The molecule has 2 rings (SSSR count). The van der Waals surface area contributed by atoms with Gasteiger partial charge in [0, 0.05) is 11.5 Å². The van der Waals surface area contributed by atoms with E-state index in [9.17, 15) is 0 Å². The Labute approximate surface area is 73.7 Å². The number of anilines is 1. The number of hydrazine groups is 1. The van der Waals surface area contributed by atoms with Crippen molar-refractivity contribution in [2.24, 2.45) is 5.84 Å². The molecule has 0 aliphatic carbocycles. The van der Waals surface area contributed by atoms with E-state index in [1.54, 1.807) is 12.3 Å². The summed E-state index contributed by atoms with van der Waals surface area (Å²) in [6.07, 6.45) is 3.13. The third-order valence-corrected chi connectivity index (χ3v) is 1.57. The van der Waals surface area contributed by atoms with Crippen LogP contribution in [0, 0.1) is 0 Å². The summed E-state index contributed by atoms with van der Waals surface area (Å²) >= 11 is 0. The molecule has 0 unspecified atom stereocenters. The van der Waals surface area contributed by atoms with E-state index in [2.05, 4.69) is 20.8 Å². The van der Waals surface area contributed by atoms with E-state index in [4.69, 9.17) is 10.4 Å². The molecule has 0 bridgehead atoms. The minimum Gasteiger partial charge on any atom is -0.337 e. The van der Waals surface area contributed by atoms with Gasteiger partial charge < -0.3 is 9.95 Å². The summed E-state index contributed by atoms with van der Waals surface area (Å²) in [6.45, 7) is 0. The molecule has 2 heterocycles. The lowest BCUT2D eigenvalue weighted by atomic mass is 10.2. The van der Waals surface area contributed by atoms with E-state index in [0.717, 1.165) is 5.56 Å². The lowest BCUT2D eigenvalue weighted by Crippen LogP contribution is -2.09. The monoisotopic (exact) mass is 177 g/mol. The van der Waals surface area contributed by atoms with Crippen LogP contribution in [0.25, 0.3) is 11.3 Å². The molecule has 2 aromatic heterocycles. The Bertz CT molecular complexity index is 386. The van der Waals surface area contributed by atoms with E-state index < -0.39 is 0 Å². The molecule has 3 N–H and O–H groups in total. The minimum absolute atomic E-state index is 0.529. The second-order valence-electron chi connectivity index (χ2n) is 2.33. The zero-order chi connectivity index (χ0) is 9.10. The van der Waals surface area contributed by atoms with Crippen molar-refractivity contribution in [3.8, 4) is 11.3 Å². The SMILES string of the molecule is NNc1ncccc1-c1cnno1. The van der Waals surface area contributed by atoms with Crippen molar-refractivity contribution in [3.05, 3.63) is 24.5 Å². The summed E-state index contributed by atoms with van der Waals surface area (Å²) in [7, 11) is 0. The number of nitrogens with two attached hydrogens (primary N) is 1. The Morgan fingerprint density at radius 1 is 1.46 bits per heavy atom. The first-order valence-corrected chi connectivity index (χ1v) is 3.61. The summed E-state index contributed by atoms with van der Waals surface area (Å²) in [4.78, 5) is 4.00. The molecule has 13 heavy (non-hydrogen) atoms. The number of nitrogens with zero attached hydrogens (tertiary/aromatic N) is 3. The minimum atomic E-state index is 0.529. The van der Waals surface area contributed by atoms with Crippen LogP contribution in [-0.2, 0) is 0 Å². The molecule has 6 heteroatoms. The molecule has 0 radical (unpaired) electrons. The molecule has 66 valence electrons. The molecule has 0 aliphatic rings. The summed E-state index contributed by atoms with van der Waals surface area (Å²) < 4.78 is 4.87. The third kappa shape index (κ3) is 1.34. The van der Waals surface area contributed by atoms with Gasteiger partial charge in [0.1, 0.15) is 0 Å². The fraction of sp³-hybridized carbons (Fsp3) is 0. The summed E-state index contributed by atoms with van der Waals surface area (Å²) in [5, 5.41) is 6.91. The smallest absolute Gasteiger partial charge is 0.191 e. The van der Waals surface area contributed by atoms with Gasteiger partial charge >= 0.3 is 0 Å². The molecule has 0 aromatic carbocycles. The van der Waals surface area contributed by atoms with Crippen LogP contribution in [-0.4, -0.2) is 15.4 Å². The fourth-order valence-corrected chi connectivity index (χ4v) is 1.01. The zero-order valence-corrected chi connectivity index (χ0v) is 6.64. The van der Waals surface area contributed by atoms with Gasteiger partial charge in [0.15, 0.2) is 11.6 Å². The first-order valence-electron chi connectivity index (χ1n) is 3.61. The number of rotatable bonds is 2. The average molecular weight is 177 g/mol. The first kappa shape index (κ1) is 7.69. The average Bonchev–Trinajstić information content (AvgIpc) is 2.70. The molecule has 0 saturated heterocycles. The summed E-state index contributed by atoms with van der Waals surface area (Å²) in [5.74, 6) is 6.32. The van der Waals surface area contributed by atoms with E-state index >= 15 is 0 Å². The van der Waals surface area contributed by atoms with Gasteiger partial charge in [-0.05, 0) is 12.1 Å². The van der Waals surface area contributed by atoms with Crippen LogP contribution in [0.4, 0.5) is 5.82 Å². The Morgan fingerprint density at radius 3 is 3.08 bits per heavy atom. The predicted octanol–water partition coefficient (Wildman–Crippen LogP) is 0.417. The molecule has 0 atom stereocenters. The van der Waals surface area contributed by atoms with E-state index in [-0.39, 0.29) is 0 Å². The van der Waals surface area contributed by atoms with Crippen LogP contribution in [0.5, 0.6) is 0 Å². The van der Waals surface area contributed by atoms with Crippen LogP contribution >= 0.6 is 0 Å². The van der Waals surface area contributed by atoms with Crippen LogP contribution in [0.3, 0.4) is 0 Å². The number of nitrogens with one attached hydrogen (secondary N) is 1. The van der Waals surface area contributed by atoms with E-state index in [0.29, 0.717) is 11.6 Å². The van der Waals surface area contributed by atoms with Gasteiger partial charge in [-0.1, -0.05) is 0 Å². The molecule has 0 spiro atoms. The first-order chi connectivity index (χ1) is 6.42. The maximum absolute atomic E-state index is 5.26. The number of hydrogen-bond acceptors (Lipinski definition) is 6. The lowest BCUT2D eigenvalue weighted by molar-refractivity contribution is 0.403. The Kier molecular flexibility index (Phi) is 1.89. The molecule has 0 amide bonds. The highest BCUT2D eigenvalue weighted by Gasteiger charge is 2.07. The van der Waals surface area contributed by atoms with Gasteiger partial charge in [-0.15, -0.1) is 5.10 Å². The van der Waals surface area contributed by atoms with Crippen molar-refractivity contribution in [3.63, 3.8) is 0 Å². The zero-order valence-electron chi connectivity index (χ0n) is 6.64. The van der Waals surface area contributed by atoms with Crippen LogP contribution in [0.1, 0.15) is 0 Å². The quantitative estimate of drug-likeness (QED) is 0.510. The molecule has 6 nitrogen and oxygen atoms in total. The highest BCUT2D eigenvalue weighted by atomic mass is 16.5. The van der Waals surface area contributed by atoms with Crippen LogP contribution in [0.2, 0.25) is 0 Å². The maximum Gasteiger partial charge on any atom is 0.191 e. The second-order valence-corrected chi connectivity index (χ2v) is 2.33. The molecule has 0 aliphatic heterocycles. The van der Waals surface area contributed by atoms with Gasteiger partial charge in [-0.25, -0.2) is 10.8 Å². The van der Waals surface area contributed by atoms with Crippen molar-refractivity contribution in [1.82, 2.24) is 15.4 Å². The highest BCUT2D eigenvalue weighted by Crippen LogP contribution is 2.23. The molecular formula is C7H7N5O. The van der Waals surface area contributed by atoms with Gasteiger partial charge in [0.05, 0.1) is 11.8 Å². The maximum atomic E-state index is 5.26. The molecule has 0 saturated carbocycles. The van der Waals surface area contributed by atoms with Gasteiger partial charge in [0.2, 0.25) is 0 Å². The van der Waals surface area contributed by atoms with Gasteiger partial charge in [-0.3, -0.25) is 0 Å². The molecule has 0 fully saturated rings. The van der Waals surface area contributed by atoms with Crippen molar-refractivity contribution in [1.29, 1.82) is 0 Å². The topological polar surface area (TPSA) is 89.9 Å². The summed E-state index contributed by atoms with van der Waals surface area (Å²) in [6, 6.07) is 3.59. The number of pyridine rings is 1. The van der Waals surface area contributed by atoms with E-state index in [1.165, 1.54) is 6.20 Å². The summed E-state index contributed by atoms with van der Waals surface area (Å²) in [5.41, 5.74) is 3.19. The standard InChI is InChI=1S/C7H7N5O/c8-11-7-5(2-1-3-9-7)6-4-10-12-13-6/h1-4H,8H2,(H,9,11). The Morgan fingerprint density at radius 2 is 2.38 bits per heavy atom. The number of nitrogen functional groups attached to an aromatic ring is 1. The Hall–Kier alpha value is -1.95. The van der Waals surface area contributed by atoms with E-state index in [1.807, 2.05) is 6.07 Å².